The van der Waals surface area contributed by atoms with E-state index in [-0.39, 0.29) is 5.56 Å². The molecule has 0 amide bonds. The van der Waals surface area contributed by atoms with Crippen molar-refractivity contribution in [3.8, 4) is 10.4 Å². The Morgan fingerprint density at radius 1 is 1.22 bits per heavy atom. The van der Waals surface area contributed by atoms with Crippen molar-refractivity contribution in [3.63, 3.8) is 0 Å². The zero-order valence-electron chi connectivity index (χ0n) is 9.06. The summed E-state index contributed by atoms with van der Waals surface area (Å²) in [6, 6.07) is 7.25. The summed E-state index contributed by atoms with van der Waals surface area (Å²) in [5, 5.41) is 8.49. The SMILES string of the molecule is O=C(O)/C=C/c1ccc(-c2cccc(F)c2F)s1. The Morgan fingerprint density at radius 2 is 2.00 bits per heavy atom. The van der Waals surface area contributed by atoms with Crippen molar-refractivity contribution in [2.24, 2.45) is 0 Å². The second kappa shape index (κ2) is 5.10. The predicted octanol–water partition coefficient (Wildman–Crippen LogP) is 3.79. The van der Waals surface area contributed by atoms with Crippen LogP contribution in [-0.4, -0.2) is 11.1 Å². The minimum absolute atomic E-state index is 0.176. The highest BCUT2D eigenvalue weighted by Gasteiger charge is 2.11. The molecule has 0 saturated heterocycles. The average molecular weight is 266 g/mol. The first-order valence-electron chi connectivity index (χ1n) is 5.03. The lowest BCUT2D eigenvalue weighted by Crippen LogP contribution is -1.86. The number of halogens is 2. The predicted molar refractivity (Wildman–Crippen MR) is 66.3 cm³/mol. The number of thiophene rings is 1. The quantitative estimate of drug-likeness (QED) is 0.858. The van der Waals surface area contributed by atoms with Gasteiger partial charge in [0.2, 0.25) is 0 Å². The molecule has 0 aliphatic carbocycles. The van der Waals surface area contributed by atoms with Crippen molar-refractivity contribution in [2.75, 3.05) is 0 Å². The number of carbonyl (C=O) groups is 1. The normalized spacial score (nSPS) is 11.0. The van der Waals surface area contributed by atoms with E-state index in [9.17, 15) is 13.6 Å². The highest BCUT2D eigenvalue weighted by Crippen LogP contribution is 2.31. The monoisotopic (exact) mass is 266 g/mol. The number of carboxylic acids is 1. The molecule has 0 aliphatic rings. The summed E-state index contributed by atoms with van der Waals surface area (Å²) in [7, 11) is 0. The fraction of sp³-hybridized carbons (Fsp3) is 0. The van der Waals surface area contributed by atoms with Crippen LogP contribution in [0.2, 0.25) is 0 Å². The maximum atomic E-state index is 13.5. The summed E-state index contributed by atoms with van der Waals surface area (Å²) in [6.07, 6.45) is 2.41. The van der Waals surface area contributed by atoms with Crippen LogP contribution in [0.15, 0.2) is 36.4 Å². The summed E-state index contributed by atoms with van der Waals surface area (Å²) >= 11 is 1.19. The van der Waals surface area contributed by atoms with Crippen LogP contribution in [-0.2, 0) is 4.79 Å². The van der Waals surface area contributed by atoms with Crippen LogP contribution in [0, 0.1) is 11.6 Å². The standard InChI is InChI=1S/C13H8F2O2S/c14-10-3-1-2-9(13(10)15)11-6-4-8(18-11)5-7-12(16)17/h1-7H,(H,16,17)/b7-5+. The van der Waals surface area contributed by atoms with Gasteiger partial charge in [0.1, 0.15) is 0 Å². The van der Waals surface area contributed by atoms with E-state index < -0.39 is 17.6 Å². The van der Waals surface area contributed by atoms with Crippen LogP contribution in [0.25, 0.3) is 16.5 Å². The first-order chi connectivity index (χ1) is 8.58. The molecule has 0 atom stereocenters. The molecule has 2 nitrogen and oxygen atoms in total. The van der Waals surface area contributed by atoms with Gasteiger partial charge in [0.25, 0.3) is 0 Å². The molecule has 1 aromatic carbocycles. The van der Waals surface area contributed by atoms with Crippen molar-refractivity contribution in [1.29, 1.82) is 0 Å². The van der Waals surface area contributed by atoms with Crippen molar-refractivity contribution >= 4 is 23.4 Å². The number of hydrogen-bond acceptors (Lipinski definition) is 2. The van der Waals surface area contributed by atoms with Gasteiger partial charge in [-0.1, -0.05) is 12.1 Å². The third kappa shape index (κ3) is 2.62. The van der Waals surface area contributed by atoms with Crippen LogP contribution in [0.4, 0.5) is 8.78 Å². The van der Waals surface area contributed by atoms with Crippen LogP contribution in [0.1, 0.15) is 4.88 Å². The molecule has 0 spiro atoms. The molecule has 5 heteroatoms. The molecule has 18 heavy (non-hydrogen) atoms. The molecule has 0 aliphatic heterocycles. The molecule has 0 saturated carbocycles. The third-order valence-corrected chi connectivity index (χ3v) is 3.32. The van der Waals surface area contributed by atoms with Crippen LogP contribution < -0.4 is 0 Å². The van der Waals surface area contributed by atoms with Crippen LogP contribution in [0.5, 0.6) is 0 Å². The van der Waals surface area contributed by atoms with Gasteiger partial charge in [-0.3, -0.25) is 0 Å². The van der Waals surface area contributed by atoms with E-state index in [1.807, 2.05) is 0 Å². The van der Waals surface area contributed by atoms with E-state index >= 15 is 0 Å². The molecular weight excluding hydrogens is 258 g/mol. The van der Waals surface area contributed by atoms with Gasteiger partial charge in [-0.05, 0) is 24.3 Å². The third-order valence-electron chi connectivity index (χ3n) is 2.23. The number of benzene rings is 1. The zero-order valence-corrected chi connectivity index (χ0v) is 9.88. The van der Waals surface area contributed by atoms with Gasteiger partial charge >= 0.3 is 5.97 Å². The highest BCUT2D eigenvalue weighted by atomic mass is 32.1. The molecule has 2 aromatic rings. The van der Waals surface area contributed by atoms with E-state index in [4.69, 9.17) is 5.11 Å². The summed E-state index contributed by atoms with van der Waals surface area (Å²) < 4.78 is 26.6. The molecular formula is C13H8F2O2S. The lowest BCUT2D eigenvalue weighted by atomic mass is 10.2. The van der Waals surface area contributed by atoms with E-state index in [1.165, 1.54) is 29.5 Å². The first-order valence-corrected chi connectivity index (χ1v) is 5.85. The van der Waals surface area contributed by atoms with Crippen molar-refractivity contribution in [3.05, 3.63) is 52.9 Å². The second-order valence-corrected chi connectivity index (χ2v) is 4.59. The molecule has 1 heterocycles. The summed E-state index contributed by atoms with van der Waals surface area (Å²) in [5.41, 5.74) is 0.176. The summed E-state index contributed by atoms with van der Waals surface area (Å²) in [4.78, 5) is 11.6. The van der Waals surface area contributed by atoms with E-state index in [0.717, 1.165) is 12.1 Å². The molecule has 0 unspecified atom stereocenters. The summed E-state index contributed by atoms with van der Waals surface area (Å²) in [6.45, 7) is 0. The Hall–Kier alpha value is -2.01. The van der Waals surface area contributed by atoms with Crippen molar-refractivity contribution < 1.29 is 18.7 Å². The Morgan fingerprint density at radius 3 is 2.72 bits per heavy atom. The smallest absolute Gasteiger partial charge is 0.328 e. The van der Waals surface area contributed by atoms with Gasteiger partial charge in [-0.15, -0.1) is 11.3 Å². The molecule has 1 N–H and O–H groups in total. The molecule has 0 fully saturated rings. The molecule has 0 bridgehead atoms. The Balaban J connectivity index is 2.35. The molecule has 0 radical (unpaired) electrons. The van der Waals surface area contributed by atoms with Crippen molar-refractivity contribution in [2.45, 2.75) is 0 Å². The van der Waals surface area contributed by atoms with Gasteiger partial charge in [-0.2, -0.15) is 0 Å². The first kappa shape index (κ1) is 12.4. The molecule has 2 rings (SSSR count). The van der Waals surface area contributed by atoms with Crippen LogP contribution in [0.3, 0.4) is 0 Å². The Kier molecular flexibility index (Phi) is 3.53. The number of carboxylic acid groups (broad SMARTS) is 1. The van der Waals surface area contributed by atoms with E-state index in [0.29, 0.717) is 9.75 Å². The summed E-state index contributed by atoms with van der Waals surface area (Å²) in [5.74, 6) is -2.85. The lowest BCUT2D eigenvalue weighted by Gasteiger charge is -1.99. The molecule has 92 valence electrons. The van der Waals surface area contributed by atoms with Gasteiger partial charge in [0.15, 0.2) is 11.6 Å². The van der Waals surface area contributed by atoms with E-state index in [1.54, 1.807) is 12.1 Å². The maximum Gasteiger partial charge on any atom is 0.328 e. The number of hydrogen-bond donors (Lipinski definition) is 1. The fourth-order valence-electron chi connectivity index (χ4n) is 1.43. The lowest BCUT2D eigenvalue weighted by molar-refractivity contribution is -0.131. The second-order valence-electron chi connectivity index (χ2n) is 3.47. The van der Waals surface area contributed by atoms with Gasteiger partial charge in [-0.25, -0.2) is 13.6 Å². The Labute approximate surface area is 106 Å². The zero-order chi connectivity index (χ0) is 13.1. The van der Waals surface area contributed by atoms with Crippen molar-refractivity contribution in [1.82, 2.24) is 0 Å². The van der Waals surface area contributed by atoms with Crippen LogP contribution >= 0.6 is 11.3 Å². The van der Waals surface area contributed by atoms with Gasteiger partial charge in [0.05, 0.1) is 0 Å². The Bertz CT molecular complexity index is 617. The minimum atomic E-state index is -1.05. The van der Waals surface area contributed by atoms with Gasteiger partial charge < -0.3 is 5.11 Å². The molecule has 1 aromatic heterocycles. The maximum absolute atomic E-state index is 13.5. The number of rotatable bonds is 3. The topological polar surface area (TPSA) is 37.3 Å². The highest BCUT2D eigenvalue weighted by molar-refractivity contribution is 7.16. The van der Waals surface area contributed by atoms with Gasteiger partial charge in [0, 0.05) is 21.4 Å². The largest absolute Gasteiger partial charge is 0.478 e. The minimum Gasteiger partial charge on any atom is -0.478 e. The fourth-order valence-corrected chi connectivity index (χ4v) is 2.36. The van der Waals surface area contributed by atoms with E-state index in [2.05, 4.69) is 0 Å². The number of aliphatic carboxylic acids is 1. The average Bonchev–Trinajstić information content (AvgIpc) is 2.78.